The molecular formula is C27H29N3O6S. The highest BCUT2D eigenvalue weighted by Crippen LogP contribution is 2.39. The van der Waals surface area contributed by atoms with E-state index in [4.69, 9.17) is 14.2 Å². The fraction of sp³-hybridized carbons (Fsp3) is 0.333. The molecule has 2 N–H and O–H groups in total. The quantitative estimate of drug-likeness (QED) is 0.283. The van der Waals surface area contributed by atoms with Crippen LogP contribution in [0.3, 0.4) is 0 Å². The zero-order valence-corrected chi connectivity index (χ0v) is 21.8. The van der Waals surface area contributed by atoms with E-state index in [0.29, 0.717) is 58.6 Å². The van der Waals surface area contributed by atoms with Crippen molar-refractivity contribution < 1.29 is 28.6 Å². The van der Waals surface area contributed by atoms with E-state index in [-0.39, 0.29) is 17.8 Å². The predicted octanol–water partition coefficient (Wildman–Crippen LogP) is 5.04. The molecule has 10 heteroatoms. The third-order valence-electron chi connectivity index (χ3n) is 5.99. The summed E-state index contributed by atoms with van der Waals surface area (Å²) in [5.74, 6) is -0.325. The Bertz CT molecular complexity index is 1270. The summed E-state index contributed by atoms with van der Waals surface area (Å²) in [5.41, 5.74) is 2.07. The van der Waals surface area contributed by atoms with Gasteiger partial charge in [-0.25, -0.2) is 9.78 Å². The van der Waals surface area contributed by atoms with E-state index in [0.717, 1.165) is 17.7 Å². The number of carbonyl (C=O) groups excluding carboxylic acids is 3. The Morgan fingerprint density at radius 2 is 1.70 bits per heavy atom. The molecule has 0 fully saturated rings. The minimum atomic E-state index is -0.424. The van der Waals surface area contributed by atoms with Crippen LogP contribution in [0.1, 0.15) is 63.4 Å². The summed E-state index contributed by atoms with van der Waals surface area (Å²) in [6.45, 7) is 2.42. The monoisotopic (exact) mass is 523 g/mol. The molecule has 2 amide bonds. The average Bonchev–Trinajstić information content (AvgIpc) is 3.49. The Morgan fingerprint density at radius 1 is 1.00 bits per heavy atom. The van der Waals surface area contributed by atoms with E-state index in [1.807, 2.05) is 6.92 Å². The summed E-state index contributed by atoms with van der Waals surface area (Å²) in [5, 5.41) is 6.15. The number of benzene rings is 2. The zero-order chi connectivity index (χ0) is 26.4. The van der Waals surface area contributed by atoms with Gasteiger partial charge in [0.15, 0.2) is 5.13 Å². The van der Waals surface area contributed by atoms with E-state index in [1.54, 1.807) is 42.5 Å². The maximum absolute atomic E-state index is 13.0. The number of aryl methyl sites for hydroxylation is 1. The second-order valence-electron chi connectivity index (χ2n) is 8.53. The van der Waals surface area contributed by atoms with Crippen molar-refractivity contribution in [2.75, 3.05) is 31.5 Å². The number of nitrogens with one attached hydrogen (secondary N) is 2. The van der Waals surface area contributed by atoms with E-state index in [9.17, 15) is 14.4 Å². The van der Waals surface area contributed by atoms with Gasteiger partial charge in [0, 0.05) is 22.2 Å². The van der Waals surface area contributed by atoms with Crippen LogP contribution in [0.2, 0.25) is 0 Å². The van der Waals surface area contributed by atoms with Crippen LogP contribution < -0.4 is 20.1 Å². The predicted molar refractivity (Wildman–Crippen MR) is 141 cm³/mol. The van der Waals surface area contributed by atoms with Crippen LogP contribution in [0.25, 0.3) is 0 Å². The number of fused-ring (bicyclic) bond motifs is 1. The molecule has 0 saturated heterocycles. The molecule has 1 atom stereocenters. The molecule has 3 aromatic rings. The number of aromatic nitrogens is 1. The van der Waals surface area contributed by atoms with E-state index >= 15 is 0 Å². The summed E-state index contributed by atoms with van der Waals surface area (Å²) in [6.07, 6.45) is 3.12. The number of carbonyl (C=O) groups is 3. The number of nitrogens with zero attached hydrogens (tertiary/aromatic N) is 1. The molecule has 1 unspecified atom stereocenters. The highest BCUT2D eigenvalue weighted by molar-refractivity contribution is 7.16. The maximum Gasteiger partial charge on any atom is 0.338 e. The van der Waals surface area contributed by atoms with Gasteiger partial charge < -0.3 is 19.5 Å². The van der Waals surface area contributed by atoms with Crippen LogP contribution in [-0.4, -0.2) is 43.6 Å². The number of hydrogen-bond acceptors (Lipinski definition) is 8. The molecular weight excluding hydrogens is 494 g/mol. The molecule has 0 radical (unpaired) electrons. The van der Waals surface area contributed by atoms with Gasteiger partial charge in [0.25, 0.3) is 5.91 Å². The summed E-state index contributed by atoms with van der Waals surface area (Å²) < 4.78 is 15.7. The van der Waals surface area contributed by atoms with Crippen molar-refractivity contribution in [3.63, 3.8) is 0 Å². The SMILES string of the molecule is CCCCOC(=O)c1ccc(NC(=O)C2CCc3sc(NC(=O)c4cc(OC)cc(OC)c4)nc32)cc1. The average molecular weight is 524 g/mol. The van der Waals surface area contributed by atoms with Crippen molar-refractivity contribution in [3.8, 4) is 11.5 Å². The minimum absolute atomic E-state index is 0.183. The molecule has 0 spiro atoms. The lowest BCUT2D eigenvalue weighted by Gasteiger charge is -2.11. The Hall–Kier alpha value is -3.92. The van der Waals surface area contributed by atoms with E-state index < -0.39 is 5.92 Å². The van der Waals surface area contributed by atoms with Gasteiger partial charge in [-0.05, 0) is 55.7 Å². The molecule has 37 heavy (non-hydrogen) atoms. The molecule has 2 aromatic carbocycles. The molecule has 0 saturated carbocycles. The molecule has 1 aliphatic carbocycles. The number of esters is 1. The van der Waals surface area contributed by atoms with Crippen molar-refractivity contribution >= 4 is 39.9 Å². The van der Waals surface area contributed by atoms with Crippen molar-refractivity contribution in [1.82, 2.24) is 4.98 Å². The van der Waals surface area contributed by atoms with Crippen molar-refractivity contribution in [3.05, 3.63) is 64.2 Å². The normalized spacial score (nSPS) is 14.0. The van der Waals surface area contributed by atoms with Gasteiger partial charge in [-0.15, -0.1) is 11.3 Å². The number of anilines is 2. The lowest BCUT2D eigenvalue weighted by atomic mass is 10.1. The minimum Gasteiger partial charge on any atom is -0.497 e. The fourth-order valence-corrected chi connectivity index (χ4v) is 4.99. The Morgan fingerprint density at radius 3 is 2.35 bits per heavy atom. The second-order valence-corrected chi connectivity index (χ2v) is 9.61. The molecule has 0 aliphatic heterocycles. The molecule has 9 nitrogen and oxygen atoms in total. The first-order valence-electron chi connectivity index (χ1n) is 12.0. The third-order valence-corrected chi connectivity index (χ3v) is 7.03. The first kappa shape index (κ1) is 26.2. The van der Waals surface area contributed by atoms with Crippen LogP contribution >= 0.6 is 11.3 Å². The van der Waals surface area contributed by atoms with Crippen LogP contribution in [0.5, 0.6) is 11.5 Å². The highest BCUT2D eigenvalue weighted by Gasteiger charge is 2.33. The Balaban J connectivity index is 1.39. The molecule has 1 aliphatic rings. The topological polar surface area (TPSA) is 116 Å². The van der Waals surface area contributed by atoms with E-state index in [1.165, 1.54) is 25.6 Å². The van der Waals surface area contributed by atoms with Gasteiger partial charge in [-0.1, -0.05) is 13.3 Å². The Labute approximate surface area is 219 Å². The first-order valence-corrected chi connectivity index (χ1v) is 12.9. The Kier molecular flexibility index (Phi) is 8.39. The molecule has 4 rings (SSSR count). The maximum atomic E-state index is 13.0. The highest BCUT2D eigenvalue weighted by atomic mass is 32.1. The number of unbranched alkanes of at least 4 members (excludes halogenated alkanes) is 1. The smallest absolute Gasteiger partial charge is 0.338 e. The lowest BCUT2D eigenvalue weighted by Crippen LogP contribution is -2.20. The van der Waals surface area contributed by atoms with E-state index in [2.05, 4.69) is 15.6 Å². The van der Waals surface area contributed by atoms with Crippen LogP contribution in [0.4, 0.5) is 10.8 Å². The number of ether oxygens (including phenoxy) is 3. The fourth-order valence-electron chi connectivity index (χ4n) is 3.96. The lowest BCUT2D eigenvalue weighted by molar-refractivity contribution is -0.117. The van der Waals surface area contributed by atoms with Crippen molar-refractivity contribution in [1.29, 1.82) is 0 Å². The van der Waals surface area contributed by atoms with Gasteiger partial charge in [0.05, 0.1) is 38.0 Å². The largest absolute Gasteiger partial charge is 0.497 e. The molecule has 0 bridgehead atoms. The zero-order valence-electron chi connectivity index (χ0n) is 21.0. The van der Waals surface area contributed by atoms with Crippen LogP contribution in [0.15, 0.2) is 42.5 Å². The summed E-state index contributed by atoms with van der Waals surface area (Å²) >= 11 is 1.37. The number of thiazole rings is 1. The third kappa shape index (κ3) is 6.26. The number of methoxy groups -OCH3 is 2. The van der Waals surface area contributed by atoms with Gasteiger partial charge in [-0.2, -0.15) is 0 Å². The summed E-state index contributed by atoms with van der Waals surface area (Å²) in [4.78, 5) is 43.4. The van der Waals surface area contributed by atoms with Gasteiger partial charge in [0.1, 0.15) is 11.5 Å². The first-order chi connectivity index (χ1) is 17.9. The number of rotatable bonds is 10. The van der Waals surface area contributed by atoms with Crippen molar-refractivity contribution in [2.45, 2.75) is 38.5 Å². The number of hydrogen-bond donors (Lipinski definition) is 2. The van der Waals surface area contributed by atoms with Crippen LogP contribution in [-0.2, 0) is 16.0 Å². The molecule has 1 heterocycles. The van der Waals surface area contributed by atoms with Crippen LogP contribution in [0, 0.1) is 0 Å². The van der Waals surface area contributed by atoms with Gasteiger partial charge in [-0.3, -0.25) is 14.9 Å². The number of amides is 2. The van der Waals surface area contributed by atoms with Gasteiger partial charge >= 0.3 is 5.97 Å². The second kappa shape index (κ2) is 11.9. The molecule has 194 valence electrons. The summed E-state index contributed by atoms with van der Waals surface area (Å²) in [7, 11) is 3.04. The van der Waals surface area contributed by atoms with Crippen molar-refractivity contribution in [2.24, 2.45) is 0 Å². The standard InChI is InChI=1S/C27H29N3O6S/c1-4-5-12-36-26(33)16-6-8-18(9-7-16)28-25(32)21-10-11-22-23(21)29-27(37-22)30-24(31)17-13-19(34-2)15-20(14-17)35-3/h6-9,13-15,21H,4-5,10-12H2,1-3H3,(H,28,32)(H,29,30,31). The summed E-state index contributed by atoms with van der Waals surface area (Å²) in [6, 6.07) is 11.5. The molecule has 1 aromatic heterocycles. The van der Waals surface area contributed by atoms with Gasteiger partial charge in [0.2, 0.25) is 5.91 Å².